The molecule has 178 valence electrons. The van der Waals surface area contributed by atoms with E-state index in [0.29, 0.717) is 36.3 Å². The van der Waals surface area contributed by atoms with E-state index in [1.165, 1.54) is 43.2 Å². The van der Waals surface area contributed by atoms with Crippen molar-refractivity contribution in [3.63, 3.8) is 0 Å². The zero-order valence-electron chi connectivity index (χ0n) is 19.5. The Kier molecular flexibility index (Phi) is 9.79. The maximum absolute atomic E-state index is 10.6. The molecule has 0 amide bonds. The maximum atomic E-state index is 10.6. The first kappa shape index (κ1) is 25.3. The van der Waals surface area contributed by atoms with Gasteiger partial charge in [0, 0.05) is 23.7 Å². The van der Waals surface area contributed by atoms with Crippen LogP contribution in [-0.4, -0.2) is 17.6 Å². The highest BCUT2D eigenvalue weighted by Crippen LogP contribution is 2.35. The van der Waals surface area contributed by atoms with Gasteiger partial charge in [0.2, 0.25) is 0 Å². The van der Waals surface area contributed by atoms with Gasteiger partial charge in [-0.15, -0.1) is 0 Å². The van der Waals surface area contributed by atoms with E-state index in [4.69, 9.17) is 21.5 Å². The molecule has 0 radical (unpaired) electrons. The van der Waals surface area contributed by atoms with Gasteiger partial charge in [-0.1, -0.05) is 74.7 Å². The summed E-state index contributed by atoms with van der Waals surface area (Å²) in [6.07, 6.45) is 7.80. The summed E-state index contributed by atoms with van der Waals surface area (Å²) < 4.78 is 0. The number of carboxylic acid groups (broad SMARTS) is 1. The number of carboxylic acids is 1. The fourth-order valence-electron chi connectivity index (χ4n) is 4.43. The quantitative estimate of drug-likeness (QED) is 0.254. The number of rotatable bonds is 12. The molecule has 33 heavy (non-hydrogen) atoms. The highest BCUT2D eigenvalue weighted by atomic mass is 35.5. The number of carbonyl (C=O) groups is 1. The SMILES string of the molecule is C=C(NOCc1ccc(C2CCCCC2)c(CC)c1)c1ccc(CNCCC(=O)O)c(Cl)c1. The number of nitrogens with one attached hydrogen (secondary N) is 2. The Balaban J connectivity index is 1.50. The summed E-state index contributed by atoms with van der Waals surface area (Å²) in [6, 6.07) is 12.4. The van der Waals surface area contributed by atoms with Crippen LogP contribution in [0, 0.1) is 0 Å². The lowest BCUT2D eigenvalue weighted by molar-refractivity contribution is -0.136. The summed E-state index contributed by atoms with van der Waals surface area (Å²) >= 11 is 6.39. The molecule has 0 atom stereocenters. The molecule has 1 aliphatic rings. The van der Waals surface area contributed by atoms with Crippen molar-refractivity contribution in [3.05, 3.63) is 75.8 Å². The molecule has 0 aliphatic heterocycles. The molecular weight excluding hydrogens is 436 g/mol. The van der Waals surface area contributed by atoms with Crippen LogP contribution in [0.2, 0.25) is 5.02 Å². The first-order valence-electron chi connectivity index (χ1n) is 11.9. The van der Waals surface area contributed by atoms with Crippen molar-refractivity contribution in [2.45, 2.75) is 70.9 Å². The summed E-state index contributed by atoms with van der Waals surface area (Å²) in [4.78, 5) is 16.3. The summed E-state index contributed by atoms with van der Waals surface area (Å²) in [5.74, 6) is -0.112. The lowest BCUT2D eigenvalue weighted by Gasteiger charge is -2.24. The second-order valence-electron chi connectivity index (χ2n) is 8.72. The molecule has 0 bridgehead atoms. The molecule has 1 saturated carbocycles. The van der Waals surface area contributed by atoms with Crippen LogP contribution in [-0.2, 0) is 29.2 Å². The van der Waals surface area contributed by atoms with Gasteiger partial charge in [-0.05, 0) is 53.5 Å². The normalized spacial score (nSPS) is 14.2. The largest absolute Gasteiger partial charge is 0.481 e. The van der Waals surface area contributed by atoms with Crippen LogP contribution in [0.15, 0.2) is 43.0 Å². The Morgan fingerprint density at radius 3 is 2.64 bits per heavy atom. The van der Waals surface area contributed by atoms with Gasteiger partial charge in [0.15, 0.2) is 0 Å². The second-order valence-corrected chi connectivity index (χ2v) is 9.12. The van der Waals surface area contributed by atoms with E-state index in [-0.39, 0.29) is 6.42 Å². The van der Waals surface area contributed by atoms with Gasteiger partial charge in [0.1, 0.15) is 0 Å². The molecule has 2 aromatic rings. The van der Waals surface area contributed by atoms with E-state index in [9.17, 15) is 4.79 Å². The molecule has 3 rings (SSSR count). The van der Waals surface area contributed by atoms with Crippen LogP contribution in [0.4, 0.5) is 0 Å². The monoisotopic (exact) mass is 470 g/mol. The van der Waals surface area contributed by atoms with Gasteiger partial charge in [-0.3, -0.25) is 15.1 Å². The minimum Gasteiger partial charge on any atom is -0.481 e. The van der Waals surface area contributed by atoms with Gasteiger partial charge < -0.3 is 10.4 Å². The minimum absolute atomic E-state index is 0.0802. The van der Waals surface area contributed by atoms with Gasteiger partial charge in [-0.25, -0.2) is 0 Å². The average Bonchev–Trinajstić information content (AvgIpc) is 2.82. The third-order valence-electron chi connectivity index (χ3n) is 6.30. The Morgan fingerprint density at radius 2 is 1.94 bits per heavy atom. The molecule has 0 spiro atoms. The maximum Gasteiger partial charge on any atom is 0.304 e. The molecule has 0 saturated heterocycles. The van der Waals surface area contributed by atoms with Crippen molar-refractivity contribution in [2.75, 3.05) is 6.54 Å². The molecule has 0 aromatic heterocycles. The van der Waals surface area contributed by atoms with E-state index in [1.54, 1.807) is 0 Å². The Bertz CT molecular complexity index is 954. The number of hydroxylamine groups is 1. The number of hydrogen-bond acceptors (Lipinski definition) is 4. The van der Waals surface area contributed by atoms with Crippen molar-refractivity contribution in [1.82, 2.24) is 10.8 Å². The minimum atomic E-state index is -0.822. The predicted molar refractivity (Wildman–Crippen MR) is 134 cm³/mol. The second kappa shape index (κ2) is 12.8. The van der Waals surface area contributed by atoms with Gasteiger partial charge >= 0.3 is 5.97 Å². The molecule has 5 nitrogen and oxygen atoms in total. The van der Waals surface area contributed by atoms with Crippen LogP contribution in [0.25, 0.3) is 5.70 Å². The van der Waals surface area contributed by atoms with Crippen molar-refractivity contribution < 1.29 is 14.7 Å². The van der Waals surface area contributed by atoms with Crippen LogP contribution < -0.4 is 10.8 Å². The Hall–Kier alpha value is -2.34. The molecule has 0 unspecified atom stereocenters. The number of benzene rings is 2. The highest BCUT2D eigenvalue weighted by molar-refractivity contribution is 6.31. The number of aryl methyl sites for hydroxylation is 1. The van der Waals surface area contributed by atoms with Gasteiger partial charge in [0.05, 0.1) is 18.7 Å². The smallest absolute Gasteiger partial charge is 0.304 e. The fraction of sp³-hybridized carbons (Fsp3) is 0.444. The average molecular weight is 471 g/mol. The van der Waals surface area contributed by atoms with Crippen LogP contribution in [0.3, 0.4) is 0 Å². The molecule has 1 fully saturated rings. The zero-order valence-corrected chi connectivity index (χ0v) is 20.2. The highest BCUT2D eigenvalue weighted by Gasteiger charge is 2.18. The van der Waals surface area contributed by atoms with Crippen molar-refractivity contribution in [3.8, 4) is 0 Å². The van der Waals surface area contributed by atoms with E-state index < -0.39 is 5.97 Å². The van der Waals surface area contributed by atoms with E-state index in [1.807, 2.05) is 18.2 Å². The first-order valence-corrected chi connectivity index (χ1v) is 12.3. The summed E-state index contributed by atoms with van der Waals surface area (Å²) in [5.41, 5.74) is 9.42. The number of hydrogen-bond donors (Lipinski definition) is 3. The van der Waals surface area contributed by atoms with Gasteiger partial charge in [0.25, 0.3) is 0 Å². The first-order chi connectivity index (χ1) is 16.0. The molecule has 2 aromatic carbocycles. The zero-order chi connectivity index (χ0) is 23.6. The van der Waals surface area contributed by atoms with Crippen molar-refractivity contribution in [2.24, 2.45) is 0 Å². The lowest BCUT2D eigenvalue weighted by Crippen LogP contribution is -2.18. The number of halogens is 1. The van der Waals surface area contributed by atoms with Crippen molar-refractivity contribution in [1.29, 1.82) is 0 Å². The molecule has 0 heterocycles. The molecular formula is C27H35ClN2O3. The van der Waals surface area contributed by atoms with E-state index >= 15 is 0 Å². The Morgan fingerprint density at radius 1 is 1.15 bits per heavy atom. The summed E-state index contributed by atoms with van der Waals surface area (Å²) in [5, 5.41) is 12.4. The predicted octanol–water partition coefficient (Wildman–Crippen LogP) is 6.21. The summed E-state index contributed by atoms with van der Waals surface area (Å²) in [6.45, 7) is 7.65. The van der Waals surface area contributed by atoms with Crippen LogP contribution >= 0.6 is 11.6 Å². The van der Waals surface area contributed by atoms with Crippen molar-refractivity contribution >= 4 is 23.3 Å². The third-order valence-corrected chi connectivity index (χ3v) is 6.65. The summed E-state index contributed by atoms with van der Waals surface area (Å²) in [7, 11) is 0. The topological polar surface area (TPSA) is 70.6 Å². The fourth-order valence-corrected chi connectivity index (χ4v) is 4.68. The Labute approximate surface area is 202 Å². The third kappa shape index (κ3) is 7.60. The van der Waals surface area contributed by atoms with E-state index in [0.717, 1.165) is 23.1 Å². The van der Waals surface area contributed by atoms with Gasteiger partial charge in [-0.2, -0.15) is 0 Å². The molecule has 1 aliphatic carbocycles. The standard InChI is InChI=1S/C27H35ClN2O3/c1-3-21-15-20(9-12-25(21)22-7-5-4-6-8-22)18-33-30-19(2)23-10-11-24(26(28)16-23)17-29-14-13-27(31)32/h9-12,15-16,22,29-30H,2-8,13-14,17-18H2,1H3,(H,31,32). The van der Waals surface area contributed by atoms with Crippen LogP contribution in [0.5, 0.6) is 0 Å². The van der Waals surface area contributed by atoms with Crippen LogP contribution in [0.1, 0.15) is 79.2 Å². The van der Waals surface area contributed by atoms with E-state index in [2.05, 4.69) is 42.5 Å². The lowest BCUT2D eigenvalue weighted by atomic mass is 9.81. The molecule has 3 N–H and O–H groups in total. The number of aliphatic carboxylic acids is 1. The molecule has 6 heteroatoms.